The fourth-order valence-corrected chi connectivity index (χ4v) is 4.27. The van der Waals surface area contributed by atoms with Gasteiger partial charge in [0.05, 0.1) is 4.91 Å². The average molecular weight is 374 g/mol. The monoisotopic (exact) mass is 373 g/mol. The molecule has 2 heterocycles. The highest BCUT2D eigenvalue weighted by Crippen LogP contribution is 2.35. The minimum absolute atomic E-state index is 0.0263. The first-order valence-electron chi connectivity index (χ1n) is 8.82. The van der Waals surface area contributed by atoms with Gasteiger partial charge in [0.25, 0.3) is 5.91 Å². The zero-order chi connectivity index (χ0) is 17.8. The van der Waals surface area contributed by atoms with Crippen LogP contribution in [-0.2, 0) is 4.79 Å². The van der Waals surface area contributed by atoms with Crippen molar-refractivity contribution in [2.45, 2.75) is 45.6 Å². The standard InChI is InChI=1S/C20H23NO2S2/c1-3-4-5-8-11-21-19(22)18(25-20(21)24)13-16-12-15-9-6-7-10-17(15)23-14(16)2/h6-7,9-10,12-14H,3-5,8,11H2,1-2H3. The van der Waals surface area contributed by atoms with E-state index in [1.54, 1.807) is 4.90 Å². The Bertz CT molecular complexity index is 739. The molecular weight excluding hydrogens is 350 g/mol. The maximum absolute atomic E-state index is 12.7. The molecule has 0 radical (unpaired) electrons. The summed E-state index contributed by atoms with van der Waals surface area (Å²) >= 11 is 6.80. The van der Waals surface area contributed by atoms with Crippen molar-refractivity contribution in [3.63, 3.8) is 0 Å². The Kier molecular flexibility index (Phi) is 5.97. The summed E-state index contributed by atoms with van der Waals surface area (Å²) in [6.07, 6.45) is 8.48. The van der Waals surface area contributed by atoms with Crippen LogP contribution in [0.1, 0.15) is 45.1 Å². The van der Waals surface area contributed by atoms with Gasteiger partial charge >= 0.3 is 0 Å². The van der Waals surface area contributed by atoms with Crippen molar-refractivity contribution in [2.75, 3.05) is 6.54 Å². The molecule has 1 amide bonds. The summed E-state index contributed by atoms with van der Waals surface area (Å²) in [4.78, 5) is 15.1. The number of carbonyl (C=O) groups excluding carboxylic acids is 1. The summed E-state index contributed by atoms with van der Waals surface area (Å²) in [6.45, 7) is 4.90. The van der Waals surface area contributed by atoms with Gasteiger partial charge in [0.15, 0.2) is 0 Å². The Morgan fingerprint density at radius 2 is 2.08 bits per heavy atom. The quantitative estimate of drug-likeness (QED) is 0.391. The van der Waals surface area contributed by atoms with Gasteiger partial charge in [-0.2, -0.15) is 0 Å². The molecule has 0 spiro atoms. The van der Waals surface area contributed by atoms with Crippen LogP contribution in [-0.4, -0.2) is 27.8 Å². The molecule has 3 nitrogen and oxygen atoms in total. The van der Waals surface area contributed by atoms with Gasteiger partial charge in [-0.05, 0) is 37.1 Å². The third-order valence-electron chi connectivity index (χ3n) is 4.42. The molecule has 132 valence electrons. The molecule has 0 saturated carbocycles. The van der Waals surface area contributed by atoms with Crippen LogP contribution in [0.3, 0.4) is 0 Å². The number of thiocarbonyl (C=S) groups is 1. The summed E-state index contributed by atoms with van der Waals surface area (Å²) in [5, 5.41) is 0. The number of hydrogen-bond acceptors (Lipinski definition) is 4. The smallest absolute Gasteiger partial charge is 0.266 e. The zero-order valence-electron chi connectivity index (χ0n) is 14.7. The molecule has 2 aliphatic rings. The first-order chi connectivity index (χ1) is 12.1. The average Bonchev–Trinajstić information content (AvgIpc) is 2.86. The molecule has 1 aromatic carbocycles. The summed E-state index contributed by atoms with van der Waals surface area (Å²) in [7, 11) is 0. The normalized spacial score (nSPS) is 21.4. The number of ether oxygens (including phenoxy) is 1. The first kappa shape index (κ1) is 18.2. The number of rotatable bonds is 6. The van der Waals surface area contributed by atoms with E-state index in [1.807, 2.05) is 37.3 Å². The van der Waals surface area contributed by atoms with Crippen LogP contribution in [0.2, 0.25) is 0 Å². The minimum Gasteiger partial charge on any atom is -0.485 e. The van der Waals surface area contributed by atoms with Crippen molar-refractivity contribution >= 4 is 40.3 Å². The minimum atomic E-state index is -0.0806. The zero-order valence-corrected chi connectivity index (χ0v) is 16.3. The molecule has 2 aliphatic heterocycles. The fourth-order valence-electron chi connectivity index (χ4n) is 2.96. The molecule has 1 aromatic rings. The van der Waals surface area contributed by atoms with Gasteiger partial charge < -0.3 is 4.74 Å². The second-order valence-electron chi connectivity index (χ2n) is 6.34. The second-order valence-corrected chi connectivity index (χ2v) is 8.01. The molecule has 0 aliphatic carbocycles. The lowest BCUT2D eigenvalue weighted by molar-refractivity contribution is -0.122. The summed E-state index contributed by atoms with van der Waals surface area (Å²) in [5.74, 6) is 0.911. The number of carbonyl (C=O) groups is 1. The Morgan fingerprint density at radius 1 is 1.28 bits per heavy atom. The third kappa shape index (κ3) is 4.15. The molecule has 0 bridgehead atoms. The molecule has 1 saturated heterocycles. The molecule has 5 heteroatoms. The van der Waals surface area contributed by atoms with Crippen molar-refractivity contribution in [3.05, 3.63) is 46.4 Å². The van der Waals surface area contributed by atoms with Crippen molar-refractivity contribution in [1.82, 2.24) is 4.90 Å². The maximum Gasteiger partial charge on any atom is 0.266 e. The summed E-state index contributed by atoms with van der Waals surface area (Å²) in [5.41, 5.74) is 2.05. The predicted molar refractivity (Wildman–Crippen MR) is 109 cm³/mol. The van der Waals surface area contributed by atoms with Crippen molar-refractivity contribution < 1.29 is 9.53 Å². The highest BCUT2D eigenvalue weighted by molar-refractivity contribution is 8.26. The van der Waals surface area contributed by atoms with Gasteiger partial charge in [0.1, 0.15) is 16.2 Å². The number of benzene rings is 1. The number of nitrogens with zero attached hydrogens (tertiary/aromatic N) is 1. The van der Waals surface area contributed by atoms with E-state index in [0.29, 0.717) is 9.23 Å². The Labute approximate surface area is 159 Å². The molecule has 3 rings (SSSR count). The molecule has 0 aromatic heterocycles. The SMILES string of the molecule is CCCCCCN1C(=O)C(=CC2=Cc3ccccc3OC2C)SC1=S. The Hall–Kier alpha value is -1.59. The first-order valence-corrected chi connectivity index (χ1v) is 10.0. The van der Waals surface area contributed by atoms with Crippen molar-refractivity contribution in [2.24, 2.45) is 0 Å². The molecule has 1 fully saturated rings. The molecule has 1 unspecified atom stereocenters. The summed E-state index contributed by atoms with van der Waals surface area (Å²) in [6, 6.07) is 7.94. The van der Waals surface area contributed by atoms with E-state index in [2.05, 4.69) is 13.0 Å². The molecule has 0 N–H and O–H groups in total. The van der Waals surface area contributed by atoms with Crippen LogP contribution in [0.4, 0.5) is 0 Å². The van der Waals surface area contributed by atoms with E-state index >= 15 is 0 Å². The number of para-hydroxylation sites is 1. The number of hydrogen-bond donors (Lipinski definition) is 0. The van der Waals surface area contributed by atoms with Crippen LogP contribution in [0.15, 0.2) is 40.8 Å². The van der Waals surface area contributed by atoms with E-state index in [1.165, 1.54) is 24.6 Å². The largest absolute Gasteiger partial charge is 0.485 e. The third-order valence-corrected chi connectivity index (χ3v) is 5.80. The van der Waals surface area contributed by atoms with E-state index in [9.17, 15) is 4.79 Å². The highest BCUT2D eigenvalue weighted by atomic mass is 32.2. The van der Waals surface area contributed by atoms with E-state index in [4.69, 9.17) is 17.0 Å². The topological polar surface area (TPSA) is 29.5 Å². The van der Waals surface area contributed by atoms with Gasteiger partial charge in [-0.15, -0.1) is 0 Å². The van der Waals surface area contributed by atoms with Crippen LogP contribution < -0.4 is 4.74 Å². The second kappa shape index (κ2) is 8.19. The predicted octanol–water partition coefficient (Wildman–Crippen LogP) is 5.18. The number of thioether (sulfide) groups is 1. The van der Waals surface area contributed by atoms with Gasteiger partial charge in [-0.25, -0.2) is 0 Å². The van der Waals surface area contributed by atoms with Crippen LogP contribution in [0.25, 0.3) is 6.08 Å². The number of fused-ring (bicyclic) bond motifs is 1. The van der Waals surface area contributed by atoms with Gasteiger partial charge in [0, 0.05) is 12.1 Å². The van der Waals surface area contributed by atoms with Gasteiger partial charge in [0.2, 0.25) is 0 Å². The van der Waals surface area contributed by atoms with E-state index in [0.717, 1.165) is 36.3 Å². The number of amides is 1. The molecular formula is C20H23NO2S2. The van der Waals surface area contributed by atoms with E-state index < -0.39 is 0 Å². The lowest BCUT2D eigenvalue weighted by Crippen LogP contribution is -2.29. The van der Waals surface area contributed by atoms with Crippen molar-refractivity contribution in [3.8, 4) is 5.75 Å². The van der Waals surface area contributed by atoms with Crippen LogP contribution in [0, 0.1) is 0 Å². The van der Waals surface area contributed by atoms with E-state index in [-0.39, 0.29) is 12.0 Å². The van der Waals surface area contributed by atoms with Gasteiger partial charge in [-0.3, -0.25) is 9.69 Å². The van der Waals surface area contributed by atoms with Crippen molar-refractivity contribution in [1.29, 1.82) is 0 Å². The number of unbranched alkanes of at least 4 members (excludes halogenated alkanes) is 3. The van der Waals surface area contributed by atoms with Crippen LogP contribution in [0.5, 0.6) is 5.75 Å². The lowest BCUT2D eigenvalue weighted by Gasteiger charge is -2.23. The lowest BCUT2D eigenvalue weighted by atomic mass is 10.0. The summed E-state index contributed by atoms with van der Waals surface area (Å²) < 4.78 is 6.62. The Balaban J connectivity index is 1.74. The van der Waals surface area contributed by atoms with Gasteiger partial charge in [-0.1, -0.05) is 68.4 Å². The highest BCUT2D eigenvalue weighted by Gasteiger charge is 2.32. The van der Waals surface area contributed by atoms with Crippen LogP contribution >= 0.6 is 24.0 Å². The fraction of sp³-hybridized carbons (Fsp3) is 0.400. The maximum atomic E-state index is 12.7. The molecule has 25 heavy (non-hydrogen) atoms. The Morgan fingerprint density at radius 3 is 2.88 bits per heavy atom. The molecule has 1 atom stereocenters.